The Balaban J connectivity index is 2.31. The fraction of sp³-hybridized carbons (Fsp3) is 0.200. The van der Waals surface area contributed by atoms with Crippen LogP contribution in [0.4, 0.5) is 5.69 Å². The summed E-state index contributed by atoms with van der Waals surface area (Å²) < 4.78 is 10.4. The maximum absolute atomic E-state index is 12.2. The van der Waals surface area contributed by atoms with Crippen molar-refractivity contribution in [1.29, 1.82) is 0 Å². The summed E-state index contributed by atoms with van der Waals surface area (Å²) in [5.74, 6) is 0.812. The van der Waals surface area contributed by atoms with Crippen molar-refractivity contribution in [3.63, 3.8) is 0 Å². The maximum atomic E-state index is 12.2. The molecular weight excluding hydrogens is 292 g/mol. The molecule has 6 heteroatoms. The van der Waals surface area contributed by atoms with E-state index in [1.54, 1.807) is 25.3 Å². The van der Waals surface area contributed by atoms with Crippen molar-refractivity contribution in [2.24, 2.45) is 0 Å². The Hall–Kier alpha value is -2.27. The second kappa shape index (κ2) is 6.45. The number of ether oxygens (including phenoxy) is 2. The molecule has 1 heterocycles. The fourth-order valence-corrected chi connectivity index (χ4v) is 2.04. The molecule has 5 nitrogen and oxygen atoms in total. The topological polar surface area (TPSA) is 60.5 Å². The molecule has 0 saturated heterocycles. The highest BCUT2D eigenvalue weighted by molar-refractivity contribution is 6.34. The summed E-state index contributed by atoms with van der Waals surface area (Å²) in [5.41, 5.74) is 1.78. The number of halogens is 1. The highest BCUT2D eigenvalue weighted by Gasteiger charge is 2.14. The van der Waals surface area contributed by atoms with Crippen LogP contribution in [0, 0.1) is 6.92 Å². The average molecular weight is 307 g/mol. The SMILES string of the molecule is COc1cc(C)c(NC(=O)c2cnccc2Cl)cc1OC. The highest BCUT2D eigenvalue weighted by atomic mass is 35.5. The van der Waals surface area contributed by atoms with Gasteiger partial charge in [0.15, 0.2) is 11.5 Å². The molecule has 1 aromatic heterocycles. The summed E-state index contributed by atoms with van der Waals surface area (Å²) in [7, 11) is 3.10. The van der Waals surface area contributed by atoms with Crippen molar-refractivity contribution in [3.05, 3.63) is 46.7 Å². The number of anilines is 1. The number of nitrogens with one attached hydrogen (secondary N) is 1. The van der Waals surface area contributed by atoms with Crippen molar-refractivity contribution < 1.29 is 14.3 Å². The minimum atomic E-state index is -0.330. The van der Waals surface area contributed by atoms with Crippen LogP contribution in [0.25, 0.3) is 0 Å². The van der Waals surface area contributed by atoms with E-state index >= 15 is 0 Å². The summed E-state index contributed by atoms with van der Waals surface area (Å²) >= 11 is 5.99. The van der Waals surface area contributed by atoms with Crippen LogP contribution in [0.1, 0.15) is 15.9 Å². The molecule has 0 bridgehead atoms. The van der Waals surface area contributed by atoms with Gasteiger partial charge in [0, 0.05) is 24.1 Å². The monoisotopic (exact) mass is 306 g/mol. The van der Waals surface area contributed by atoms with Gasteiger partial charge in [-0.15, -0.1) is 0 Å². The molecule has 0 saturated carbocycles. The van der Waals surface area contributed by atoms with Crippen LogP contribution < -0.4 is 14.8 Å². The standard InChI is InChI=1S/C15H15ClN2O3/c1-9-6-13(20-2)14(21-3)7-12(9)18-15(19)10-8-17-5-4-11(10)16/h4-8H,1-3H3,(H,18,19). The lowest BCUT2D eigenvalue weighted by Gasteiger charge is -2.13. The van der Waals surface area contributed by atoms with E-state index in [9.17, 15) is 4.79 Å². The van der Waals surface area contributed by atoms with Gasteiger partial charge in [0.05, 0.1) is 24.8 Å². The minimum Gasteiger partial charge on any atom is -0.493 e. The van der Waals surface area contributed by atoms with Gasteiger partial charge < -0.3 is 14.8 Å². The van der Waals surface area contributed by atoms with Crippen molar-refractivity contribution in [2.75, 3.05) is 19.5 Å². The van der Waals surface area contributed by atoms with Gasteiger partial charge >= 0.3 is 0 Å². The zero-order valence-corrected chi connectivity index (χ0v) is 12.7. The number of methoxy groups -OCH3 is 2. The highest BCUT2D eigenvalue weighted by Crippen LogP contribution is 2.33. The molecule has 2 aromatic rings. The number of hydrogen-bond acceptors (Lipinski definition) is 4. The van der Waals surface area contributed by atoms with Crippen LogP contribution in [0.15, 0.2) is 30.6 Å². The number of nitrogens with zero attached hydrogens (tertiary/aromatic N) is 1. The number of amides is 1. The smallest absolute Gasteiger partial charge is 0.258 e. The average Bonchev–Trinajstić information content (AvgIpc) is 2.49. The van der Waals surface area contributed by atoms with Crippen molar-refractivity contribution in [2.45, 2.75) is 6.92 Å². The van der Waals surface area contributed by atoms with E-state index in [1.807, 2.05) is 6.92 Å². The molecule has 2 rings (SSSR count). The lowest BCUT2D eigenvalue weighted by molar-refractivity contribution is 0.102. The molecule has 1 aromatic carbocycles. The first-order valence-corrected chi connectivity index (χ1v) is 6.58. The van der Waals surface area contributed by atoms with Gasteiger partial charge in [-0.05, 0) is 24.6 Å². The Bertz CT molecular complexity index is 674. The van der Waals surface area contributed by atoms with E-state index in [4.69, 9.17) is 21.1 Å². The summed E-state index contributed by atoms with van der Waals surface area (Å²) in [6, 6.07) is 5.06. The van der Waals surface area contributed by atoms with Gasteiger partial charge in [-0.25, -0.2) is 0 Å². The molecule has 0 unspecified atom stereocenters. The minimum absolute atomic E-state index is 0.313. The van der Waals surface area contributed by atoms with Gasteiger partial charge in [0.1, 0.15) is 0 Å². The number of aryl methyl sites for hydroxylation is 1. The third-order valence-electron chi connectivity index (χ3n) is 2.99. The number of hydrogen-bond donors (Lipinski definition) is 1. The number of carbonyl (C=O) groups excluding carboxylic acids is 1. The van der Waals surface area contributed by atoms with E-state index in [0.29, 0.717) is 27.8 Å². The van der Waals surface area contributed by atoms with E-state index in [0.717, 1.165) is 5.56 Å². The Morgan fingerprint density at radius 2 is 1.90 bits per heavy atom. The van der Waals surface area contributed by atoms with Crippen molar-refractivity contribution >= 4 is 23.2 Å². The van der Waals surface area contributed by atoms with Crippen LogP contribution in [0.3, 0.4) is 0 Å². The molecule has 0 aliphatic heterocycles. The van der Waals surface area contributed by atoms with Gasteiger partial charge in [-0.3, -0.25) is 9.78 Å². The third-order valence-corrected chi connectivity index (χ3v) is 3.32. The molecule has 1 N–H and O–H groups in total. The summed E-state index contributed by atoms with van der Waals surface area (Å²) in [5, 5.41) is 3.14. The number of pyridine rings is 1. The Morgan fingerprint density at radius 3 is 2.52 bits per heavy atom. The van der Waals surface area contributed by atoms with Crippen LogP contribution in [-0.2, 0) is 0 Å². The van der Waals surface area contributed by atoms with Gasteiger partial charge in [-0.1, -0.05) is 11.6 Å². The molecule has 0 radical (unpaired) electrons. The molecule has 0 aliphatic carbocycles. The Labute approximate surface area is 127 Å². The molecule has 0 aliphatic rings. The number of carbonyl (C=O) groups is 1. The summed E-state index contributed by atoms with van der Waals surface area (Å²) in [6.07, 6.45) is 2.95. The second-order valence-electron chi connectivity index (χ2n) is 4.33. The molecule has 21 heavy (non-hydrogen) atoms. The first kappa shape index (κ1) is 15.1. The zero-order chi connectivity index (χ0) is 15.4. The van der Waals surface area contributed by atoms with Crippen LogP contribution in [0.5, 0.6) is 11.5 Å². The predicted octanol–water partition coefficient (Wildman–Crippen LogP) is 3.31. The first-order chi connectivity index (χ1) is 10.1. The van der Waals surface area contributed by atoms with Gasteiger partial charge in [0.25, 0.3) is 5.91 Å². The largest absolute Gasteiger partial charge is 0.493 e. The van der Waals surface area contributed by atoms with Crippen LogP contribution >= 0.6 is 11.6 Å². The molecule has 0 fully saturated rings. The quantitative estimate of drug-likeness (QED) is 0.941. The summed E-state index contributed by atoms with van der Waals surface area (Å²) in [6.45, 7) is 1.86. The predicted molar refractivity (Wildman–Crippen MR) is 81.5 cm³/mol. The van der Waals surface area contributed by atoms with Gasteiger partial charge in [0.2, 0.25) is 0 Å². The molecule has 0 atom stereocenters. The fourth-order valence-electron chi connectivity index (χ4n) is 1.85. The lowest BCUT2D eigenvalue weighted by Crippen LogP contribution is -2.13. The Kier molecular flexibility index (Phi) is 4.65. The van der Waals surface area contributed by atoms with E-state index in [2.05, 4.69) is 10.3 Å². The molecular formula is C15H15ClN2O3. The van der Waals surface area contributed by atoms with Gasteiger partial charge in [-0.2, -0.15) is 0 Å². The first-order valence-electron chi connectivity index (χ1n) is 6.20. The number of rotatable bonds is 4. The van der Waals surface area contributed by atoms with Crippen molar-refractivity contribution in [3.8, 4) is 11.5 Å². The molecule has 1 amide bonds. The van der Waals surface area contributed by atoms with E-state index in [-0.39, 0.29) is 5.91 Å². The van der Waals surface area contributed by atoms with E-state index in [1.165, 1.54) is 19.5 Å². The van der Waals surface area contributed by atoms with E-state index < -0.39 is 0 Å². The second-order valence-corrected chi connectivity index (χ2v) is 4.74. The maximum Gasteiger partial charge on any atom is 0.258 e. The van der Waals surface area contributed by atoms with Crippen LogP contribution in [-0.4, -0.2) is 25.1 Å². The lowest BCUT2D eigenvalue weighted by atomic mass is 10.1. The summed E-state index contributed by atoms with van der Waals surface area (Å²) in [4.78, 5) is 16.1. The number of aromatic nitrogens is 1. The van der Waals surface area contributed by atoms with Crippen LogP contribution in [0.2, 0.25) is 5.02 Å². The molecule has 0 spiro atoms. The van der Waals surface area contributed by atoms with Crippen molar-refractivity contribution in [1.82, 2.24) is 4.98 Å². The Morgan fingerprint density at radius 1 is 1.24 bits per heavy atom. The number of benzene rings is 1. The normalized spacial score (nSPS) is 10.1. The zero-order valence-electron chi connectivity index (χ0n) is 11.9. The third kappa shape index (κ3) is 3.25. The molecule has 110 valence electrons.